The Morgan fingerprint density at radius 1 is 1.05 bits per heavy atom. The molecule has 2 N–H and O–H groups in total. The van der Waals surface area contributed by atoms with E-state index in [0.29, 0.717) is 18.2 Å². The summed E-state index contributed by atoms with van der Waals surface area (Å²) in [7, 11) is 0. The largest absolute Gasteiger partial charge is 0.359 e. The molecule has 3 amide bonds. The molecule has 7 heteroatoms. The monoisotopic (exact) mass is 545 g/mol. The number of allylic oxidation sites excluding steroid dienone is 1. The minimum atomic E-state index is -1.11. The van der Waals surface area contributed by atoms with E-state index < -0.39 is 29.6 Å². The maximum Gasteiger partial charge on any atom is 0.246 e. The third-order valence-corrected chi connectivity index (χ3v) is 9.78. The van der Waals surface area contributed by atoms with Crippen LogP contribution in [0, 0.1) is 11.8 Å². The molecular weight excluding hydrogens is 502 g/mol. The second-order valence-electron chi connectivity index (χ2n) is 12.7. The number of amides is 3. The lowest BCUT2D eigenvalue weighted by molar-refractivity contribution is -0.141. The van der Waals surface area contributed by atoms with Gasteiger partial charge in [0.15, 0.2) is 0 Å². The lowest BCUT2D eigenvalue weighted by atomic mass is 9.74. The van der Waals surface area contributed by atoms with Gasteiger partial charge in [-0.25, -0.2) is 0 Å². The average molecular weight is 546 g/mol. The van der Waals surface area contributed by atoms with Crippen LogP contribution in [0.5, 0.6) is 0 Å². The zero-order valence-corrected chi connectivity index (χ0v) is 23.9. The summed E-state index contributed by atoms with van der Waals surface area (Å²) in [4.78, 5) is 43.6. The van der Waals surface area contributed by atoms with E-state index in [9.17, 15) is 14.4 Å². The van der Waals surface area contributed by atoms with Crippen LogP contribution in [0.1, 0.15) is 89.5 Å². The Balaban J connectivity index is 1.26. The number of carbonyl (C=O) groups excluding carboxylic acids is 3. The van der Waals surface area contributed by atoms with Crippen LogP contribution in [-0.2, 0) is 19.1 Å². The predicted octanol–water partition coefficient (Wildman–Crippen LogP) is 5.24. The Morgan fingerprint density at radius 3 is 2.52 bits per heavy atom. The van der Waals surface area contributed by atoms with Crippen LogP contribution in [0.15, 0.2) is 48.1 Å². The highest BCUT2D eigenvalue weighted by Crippen LogP contribution is 2.55. The number of likely N-dealkylation sites (tertiary alicyclic amines) is 1. The van der Waals surface area contributed by atoms with Gasteiger partial charge in [-0.3, -0.25) is 14.4 Å². The number of hydrogen-bond donors (Lipinski definition) is 2. The predicted molar refractivity (Wildman–Crippen MR) is 155 cm³/mol. The zero-order valence-electron chi connectivity index (χ0n) is 23.9. The molecule has 0 radical (unpaired) electrons. The number of benzene rings is 1. The molecule has 7 nitrogen and oxygen atoms in total. The Bertz CT molecular complexity index is 1200. The third-order valence-electron chi connectivity index (χ3n) is 9.78. The van der Waals surface area contributed by atoms with Gasteiger partial charge >= 0.3 is 0 Å². The molecule has 3 fully saturated rings. The second-order valence-corrected chi connectivity index (χ2v) is 12.7. The van der Waals surface area contributed by atoms with E-state index in [1.165, 1.54) is 30.4 Å². The molecule has 0 aromatic heterocycles. The number of carbonyl (C=O) groups is 3. The molecular formula is C33H43N3O4. The Kier molecular flexibility index (Phi) is 7.60. The van der Waals surface area contributed by atoms with Crippen LogP contribution in [0.4, 0.5) is 5.69 Å². The van der Waals surface area contributed by atoms with Crippen molar-refractivity contribution < 1.29 is 19.1 Å². The fourth-order valence-corrected chi connectivity index (χ4v) is 7.61. The number of anilines is 1. The smallest absolute Gasteiger partial charge is 0.246 e. The molecule has 5 aliphatic rings. The zero-order chi connectivity index (χ0) is 27.9. The van der Waals surface area contributed by atoms with Gasteiger partial charge in [-0.15, -0.1) is 0 Å². The van der Waals surface area contributed by atoms with Crippen molar-refractivity contribution in [2.75, 3.05) is 11.9 Å². The molecule has 1 spiro atoms. The molecule has 1 saturated carbocycles. The summed E-state index contributed by atoms with van der Waals surface area (Å²) in [5.74, 6) is -1.49. The summed E-state index contributed by atoms with van der Waals surface area (Å²) in [5, 5.41) is 6.32. The van der Waals surface area contributed by atoms with Gasteiger partial charge < -0.3 is 20.3 Å². The summed E-state index contributed by atoms with van der Waals surface area (Å²) < 4.78 is 6.51. The number of fused-ring (bicyclic) bond motifs is 1. The maximum absolute atomic E-state index is 14.2. The first-order chi connectivity index (χ1) is 19.4. The summed E-state index contributed by atoms with van der Waals surface area (Å²) >= 11 is 0. The minimum absolute atomic E-state index is 0.130. The van der Waals surface area contributed by atoms with Gasteiger partial charge in [0.1, 0.15) is 11.6 Å². The normalized spacial score (nSPS) is 31.4. The van der Waals surface area contributed by atoms with Crippen LogP contribution in [-0.4, -0.2) is 53.0 Å². The van der Waals surface area contributed by atoms with Gasteiger partial charge in [-0.1, -0.05) is 69.0 Å². The van der Waals surface area contributed by atoms with Crippen molar-refractivity contribution in [2.24, 2.45) is 11.8 Å². The SMILES string of the molecule is CC(C)c1ccc(NC(=O)[C@@H]2[C@H]3C=C[C@@]4(O3)[C@H]2C(=O)N(CCC2=CCCCC2)[C@@H]4C(=O)NC2CCCCC2)cc1. The van der Waals surface area contributed by atoms with Gasteiger partial charge in [0.25, 0.3) is 0 Å². The summed E-state index contributed by atoms with van der Waals surface area (Å²) in [6.07, 6.45) is 16.2. The average Bonchev–Trinajstić information content (AvgIpc) is 3.60. The number of rotatable bonds is 8. The van der Waals surface area contributed by atoms with Gasteiger partial charge in [0.2, 0.25) is 17.7 Å². The first-order valence-corrected chi connectivity index (χ1v) is 15.4. The standard InChI is InChI=1S/C33H43N3O4/c1-21(2)23-13-15-25(16-14-23)34-30(37)27-26-17-19-33(40-26)28(27)32(39)36(20-18-22-9-5-3-6-10-22)29(33)31(38)35-24-11-7-4-8-12-24/h9,13-17,19,21,24,26-29H,3-8,10-12,18,20H2,1-2H3,(H,34,37)(H,35,38)/t26-,27-,28-,29-,33-/m1/s1. The van der Waals surface area contributed by atoms with Crippen molar-refractivity contribution in [2.45, 2.75) is 108 Å². The van der Waals surface area contributed by atoms with Crippen molar-refractivity contribution in [3.05, 3.63) is 53.6 Å². The topological polar surface area (TPSA) is 87.7 Å². The van der Waals surface area contributed by atoms with E-state index >= 15 is 0 Å². The number of nitrogens with zero attached hydrogens (tertiary/aromatic N) is 1. The molecule has 1 aromatic rings. The summed E-state index contributed by atoms with van der Waals surface area (Å²) in [5.41, 5.74) is 2.16. The molecule has 1 aromatic carbocycles. The molecule has 3 aliphatic heterocycles. The number of hydrogen-bond acceptors (Lipinski definition) is 4. The van der Waals surface area contributed by atoms with Crippen molar-refractivity contribution in [1.29, 1.82) is 0 Å². The Labute approximate surface area is 237 Å². The van der Waals surface area contributed by atoms with Crippen LogP contribution in [0.3, 0.4) is 0 Å². The van der Waals surface area contributed by atoms with Gasteiger partial charge in [-0.05, 0) is 68.6 Å². The van der Waals surface area contributed by atoms with Gasteiger partial charge in [-0.2, -0.15) is 0 Å². The van der Waals surface area contributed by atoms with E-state index in [0.717, 1.165) is 44.9 Å². The van der Waals surface area contributed by atoms with E-state index in [4.69, 9.17) is 4.74 Å². The van der Waals surface area contributed by atoms with Crippen molar-refractivity contribution >= 4 is 23.4 Å². The second kappa shape index (κ2) is 11.2. The quantitative estimate of drug-likeness (QED) is 0.438. The number of ether oxygens (including phenoxy) is 1. The summed E-state index contributed by atoms with van der Waals surface area (Å²) in [6, 6.07) is 7.23. The lowest BCUT2D eigenvalue weighted by Gasteiger charge is -2.34. The van der Waals surface area contributed by atoms with Crippen LogP contribution in [0.25, 0.3) is 0 Å². The molecule has 6 rings (SSSR count). The number of nitrogens with one attached hydrogen (secondary N) is 2. The van der Waals surface area contributed by atoms with Crippen LogP contribution < -0.4 is 10.6 Å². The van der Waals surface area contributed by atoms with Gasteiger partial charge in [0.05, 0.1) is 17.9 Å². The fourth-order valence-electron chi connectivity index (χ4n) is 7.61. The van der Waals surface area contributed by atoms with Crippen molar-refractivity contribution in [1.82, 2.24) is 10.2 Å². The fraction of sp³-hybridized carbons (Fsp3) is 0.606. The first kappa shape index (κ1) is 27.3. The molecule has 5 atom stereocenters. The molecule has 3 heterocycles. The van der Waals surface area contributed by atoms with E-state index in [2.05, 4.69) is 30.6 Å². The van der Waals surface area contributed by atoms with E-state index in [1.54, 1.807) is 4.90 Å². The summed E-state index contributed by atoms with van der Waals surface area (Å²) in [6.45, 7) is 4.74. The maximum atomic E-state index is 14.2. The molecule has 2 bridgehead atoms. The highest BCUT2D eigenvalue weighted by Gasteiger charge is 2.72. The molecule has 2 saturated heterocycles. The Hall–Kier alpha value is -2.93. The third kappa shape index (κ3) is 4.91. The minimum Gasteiger partial charge on any atom is -0.359 e. The van der Waals surface area contributed by atoms with Crippen molar-refractivity contribution in [3.8, 4) is 0 Å². The lowest BCUT2D eigenvalue weighted by Crippen LogP contribution is -2.56. The van der Waals surface area contributed by atoms with E-state index in [-0.39, 0.29) is 23.8 Å². The highest BCUT2D eigenvalue weighted by atomic mass is 16.5. The van der Waals surface area contributed by atoms with Crippen molar-refractivity contribution in [3.63, 3.8) is 0 Å². The van der Waals surface area contributed by atoms with Crippen LogP contribution >= 0.6 is 0 Å². The Morgan fingerprint density at radius 2 is 1.82 bits per heavy atom. The van der Waals surface area contributed by atoms with E-state index in [1.807, 2.05) is 36.4 Å². The highest BCUT2D eigenvalue weighted by molar-refractivity contribution is 6.02. The first-order valence-electron chi connectivity index (χ1n) is 15.4. The molecule has 214 valence electrons. The molecule has 2 aliphatic carbocycles. The molecule has 0 unspecified atom stereocenters. The van der Waals surface area contributed by atoms with Crippen LogP contribution in [0.2, 0.25) is 0 Å². The molecule has 40 heavy (non-hydrogen) atoms. The van der Waals surface area contributed by atoms with Gasteiger partial charge in [0, 0.05) is 18.3 Å².